The van der Waals surface area contributed by atoms with Crippen molar-refractivity contribution in [2.45, 2.75) is 51.6 Å². The van der Waals surface area contributed by atoms with E-state index in [1.165, 1.54) is 25.8 Å². The predicted octanol–water partition coefficient (Wildman–Crippen LogP) is 1.94. The first-order valence-corrected chi connectivity index (χ1v) is 6.78. The first kappa shape index (κ1) is 16.2. The van der Waals surface area contributed by atoms with Crippen molar-refractivity contribution in [3.05, 3.63) is 18.7 Å². The second-order valence-corrected chi connectivity index (χ2v) is 5.47. The number of hydrogen-bond acceptors (Lipinski definition) is 3. The molecular weight excluding hydrogens is 258 g/mol. The third kappa shape index (κ3) is 3.59. The van der Waals surface area contributed by atoms with Gasteiger partial charge in [0.1, 0.15) is 5.54 Å². The molecule has 1 rings (SSSR count). The molecule has 20 heavy (non-hydrogen) atoms. The van der Waals surface area contributed by atoms with Crippen molar-refractivity contribution in [3.8, 4) is 0 Å². The normalized spacial score (nSPS) is 13.0. The Morgan fingerprint density at radius 2 is 2.10 bits per heavy atom. The Hall–Kier alpha value is -1.85. The van der Waals surface area contributed by atoms with Gasteiger partial charge in [-0.25, -0.2) is 9.78 Å². The zero-order chi connectivity index (χ0) is 15.3. The van der Waals surface area contributed by atoms with Gasteiger partial charge in [0.2, 0.25) is 5.91 Å². The monoisotopic (exact) mass is 281 g/mol. The SMILES string of the molecule is CCCC(CC(=O)N(C)C(C)(C)C(=O)O)n1ccnc1. The minimum absolute atomic E-state index is 0.0158. The first-order chi connectivity index (χ1) is 9.30. The Bertz CT molecular complexity index is 454. The summed E-state index contributed by atoms with van der Waals surface area (Å²) < 4.78 is 1.91. The van der Waals surface area contributed by atoms with E-state index < -0.39 is 11.5 Å². The molecule has 0 aliphatic rings. The van der Waals surface area contributed by atoms with Crippen LogP contribution < -0.4 is 0 Å². The summed E-state index contributed by atoms with van der Waals surface area (Å²) in [4.78, 5) is 28.8. The van der Waals surface area contributed by atoms with Crippen LogP contribution in [0.3, 0.4) is 0 Å². The molecule has 0 aromatic carbocycles. The van der Waals surface area contributed by atoms with E-state index in [-0.39, 0.29) is 18.4 Å². The smallest absolute Gasteiger partial charge is 0.329 e. The molecule has 0 aliphatic carbocycles. The van der Waals surface area contributed by atoms with Crippen LogP contribution in [0.5, 0.6) is 0 Å². The van der Waals surface area contributed by atoms with Gasteiger partial charge in [0.15, 0.2) is 0 Å². The summed E-state index contributed by atoms with van der Waals surface area (Å²) in [5.41, 5.74) is -1.21. The number of carbonyl (C=O) groups excluding carboxylic acids is 1. The van der Waals surface area contributed by atoms with Crippen LogP contribution in [0, 0.1) is 0 Å². The highest BCUT2D eigenvalue weighted by Gasteiger charge is 2.35. The third-order valence-electron chi connectivity index (χ3n) is 3.71. The molecule has 6 nitrogen and oxygen atoms in total. The fraction of sp³-hybridized carbons (Fsp3) is 0.643. The zero-order valence-electron chi connectivity index (χ0n) is 12.5. The molecule has 1 unspecified atom stereocenters. The molecule has 6 heteroatoms. The minimum Gasteiger partial charge on any atom is -0.480 e. The molecule has 0 saturated carbocycles. The summed E-state index contributed by atoms with van der Waals surface area (Å²) in [6.45, 7) is 5.11. The standard InChI is InChI=1S/C14H23N3O3/c1-5-6-11(17-8-7-15-10-17)9-12(18)16(4)14(2,3)13(19)20/h7-8,10-11H,5-6,9H2,1-4H3,(H,19,20). The number of carboxylic acids is 1. The molecule has 0 radical (unpaired) electrons. The van der Waals surface area contributed by atoms with Crippen molar-refractivity contribution in [1.29, 1.82) is 0 Å². The first-order valence-electron chi connectivity index (χ1n) is 6.78. The van der Waals surface area contributed by atoms with Crippen LogP contribution in [-0.4, -0.2) is 44.0 Å². The number of rotatable bonds is 7. The van der Waals surface area contributed by atoms with E-state index in [1.807, 2.05) is 10.8 Å². The van der Waals surface area contributed by atoms with Crippen molar-refractivity contribution in [1.82, 2.24) is 14.5 Å². The number of aromatic nitrogens is 2. The highest BCUT2D eigenvalue weighted by atomic mass is 16.4. The van der Waals surface area contributed by atoms with E-state index in [9.17, 15) is 14.7 Å². The van der Waals surface area contributed by atoms with Crippen LogP contribution in [0.2, 0.25) is 0 Å². The summed E-state index contributed by atoms with van der Waals surface area (Å²) in [5, 5.41) is 9.17. The molecular formula is C14H23N3O3. The predicted molar refractivity (Wildman–Crippen MR) is 75.3 cm³/mol. The summed E-state index contributed by atoms with van der Waals surface area (Å²) in [6.07, 6.45) is 7.27. The molecule has 0 saturated heterocycles. The Labute approximate surface area is 119 Å². The third-order valence-corrected chi connectivity index (χ3v) is 3.71. The van der Waals surface area contributed by atoms with E-state index >= 15 is 0 Å². The lowest BCUT2D eigenvalue weighted by Crippen LogP contribution is -2.51. The molecule has 1 atom stereocenters. The molecule has 1 N–H and O–H groups in total. The molecule has 0 spiro atoms. The van der Waals surface area contributed by atoms with Crippen LogP contribution in [0.4, 0.5) is 0 Å². The highest BCUT2D eigenvalue weighted by Crippen LogP contribution is 2.21. The van der Waals surface area contributed by atoms with Crippen molar-refractivity contribution >= 4 is 11.9 Å². The lowest BCUT2D eigenvalue weighted by Gasteiger charge is -2.32. The maximum absolute atomic E-state index is 12.3. The van der Waals surface area contributed by atoms with Crippen molar-refractivity contribution in [3.63, 3.8) is 0 Å². The van der Waals surface area contributed by atoms with Gasteiger partial charge < -0.3 is 14.6 Å². The topological polar surface area (TPSA) is 75.4 Å². The second-order valence-electron chi connectivity index (χ2n) is 5.47. The van der Waals surface area contributed by atoms with Crippen LogP contribution in [0.1, 0.15) is 46.1 Å². The molecule has 1 aromatic rings. The van der Waals surface area contributed by atoms with E-state index in [4.69, 9.17) is 0 Å². The van der Waals surface area contributed by atoms with Crippen molar-refractivity contribution in [2.75, 3.05) is 7.05 Å². The molecule has 0 aliphatic heterocycles. The van der Waals surface area contributed by atoms with E-state index in [0.717, 1.165) is 12.8 Å². The fourth-order valence-electron chi connectivity index (χ4n) is 1.97. The van der Waals surface area contributed by atoms with Gasteiger partial charge in [0, 0.05) is 31.9 Å². The fourth-order valence-corrected chi connectivity index (χ4v) is 1.97. The van der Waals surface area contributed by atoms with Gasteiger partial charge in [0.05, 0.1) is 6.33 Å². The van der Waals surface area contributed by atoms with Gasteiger partial charge in [-0.3, -0.25) is 4.79 Å². The number of aliphatic carboxylic acids is 1. The van der Waals surface area contributed by atoms with E-state index in [1.54, 1.807) is 12.5 Å². The summed E-state index contributed by atoms with van der Waals surface area (Å²) >= 11 is 0. The summed E-state index contributed by atoms with van der Waals surface area (Å²) in [5.74, 6) is -1.19. The van der Waals surface area contributed by atoms with Crippen molar-refractivity contribution < 1.29 is 14.7 Å². The van der Waals surface area contributed by atoms with Crippen LogP contribution >= 0.6 is 0 Å². The minimum atomic E-state index is -1.21. The number of carboxylic acid groups (broad SMARTS) is 1. The number of nitrogens with zero attached hydrogens (tertiary/aromatic N) is 3. The number of amides is 1. The number of carbonyl (C=O) groups is 2. The van der Waals surface area contributed by atoms with Gasteiger partial charge in [-0.1, -0.05) is 13.3 Å². The average Bonchev–Trinajstić information content (AvgIpc) is 2.90. The molecule has 1 heterocycles. The number of imidazole rings is 1. The second kappa shape index (κ2) is 6.54. The van der Waals surface area contributed by atoms with Gasteiger partial charge in [-0.05, 0) is 20.3 Å². The van der Waals surface area contributed by atoms with Gasteiger partial charge in [-0.2, -0.15) is 0 Å². The molecule has 1 amide bonds. The van der Waals surface area contributed by atoms with Crippen molar-refractivity contribution in [2.24, 2.45) is 0 Å². The van der Waals surface area contributed by atoms with E-state index in [0.29, 0.717) is 0 Å². The molecule has 0 fully saturated rings. The summed E-state index contributed by atoms with van der Waals surface area (Å²) in [6, 6.07) is 0.0158. The maximum atomic E-state index is 12.3. The Kier molecular flexibility index (Phi) is 5.30. The largest absolute Gasteiger partial charge is 0.480 e. The molecule has 1 aromatic heterocycles. The number of likely N-dealkylation sites (N-methyl/N-ethyl adjacent to an activating group) is 1. The molecule has 0 bridgehead atoms. The van der Waals surface area contributed by atoms with Crippen LogP contribution in [0.15, 0.2) is 18.7 Å². The van der Waals surface area contributed by atoms with Crippen LogP contribution in [-0.2, 0) is 9.59 Å². The maximum Gasteiger partial charge on any atom is 0.329 e. The number of hydrogen-bond donors (Lipinski definition) is 1. The van der Waals surface area contributed by atoms with Gasteiger partial charge in [-0.15, -0.1) is 0 Å². The Morgan fingerprint density at radius 3 is 2.55 bits per heavy atom. The zero-order valence-corrected chi connectivity index (χ0v) is 12.5. The Morgan fingerprint density at radius 1 is 1.45 bits per heavy atom. The highest BCUT2D eigenvalue weighted by molar-refractivity contribution is 5.86. The lowest BCUT2D eigenvalue weighted by atomic mass is 10.0. The van der Waals surface area contributed by atoms with Gasteiger partial charge >= 0.3 is 5.97 Å². The average molecular weight is 281 g/mol. The van der Waals surface area contributed by atoms with Crippen LogP contribution in [0.25, 0.3) is 0 Å². The summed E-state index contributed by atoms with van der Waals surface area (Å²) in [7, 11) is 1.54. The molecule has 112 valence electrons. The van der Waals surface area contributed by atoms with Gasteiger partial charge in [0.25, 0.3) is 0 Å². The lowest BCUT2D eigenvalue weighted by molar-refractivity contribution is -0.155. The Balaban J connectivity index is 2.79. The van der Waals surface area contributed by atoms with E-state index in [2.05, 4.69) is 11.9 Å². The quantitative estimate of drug-likeness (QED) is 0.828.